The standard InChI is InChI=1S/C24H27N5O5S/c1-15(30)28-24(10-4-2-3-5-11-24)22-27-21(34-29-22)9-8-20(31)26-23-25-17(13-35-23)16-6-7-18-19(12-16)33-14-32-18/h6-7,12-13H,2-5,8-11,14H2,1H3,(H,28,30)(H,25,26,31). The summed E-state index contributed by atoms with van der Waals surface area (Å²) >= 11 is 1.35. The predicted octanol–water partition coefficient (Wildman–Crippen LogP) is 4.18. The molecule has 1 aliphatic carbocycles. The normalized spacial score (nSPS) is 16.5. The van der Waals surface area contributed by atoms with Crippen molar-refractivity contribution in [1.29, 1.82) is 0 Å². The number of carbonyl (C=O) groups excluding carboxylic acids is 2. The van der Waals surface area contributed by atoms with Gasteiger partial charge in [-0.3, -0.25) is 9.59 Å². The van der Waals surface area contributed by atoms with Crippen LogP contribution in [0.3, 0.4) is 0 Å². The molecule has 1 fully saturated rings. The van der Waals surface area contributed by atoms with Crippen molar-refractivity contribution in [1.82, 2.24) is 20.4 Å². The van der Waals surface area contributed by atoms with Gasteiger partial charge in [-0.1, -0.05) is 30.8 Å². The highest BCUT2D eigenvalue weighted by Crippen LogP contribution is 2.37. The first-order valence-electron chi connectivity index (χ1n) is 11.8. The first-order chi connectivity index (χ1) is 17.0. The second-order valence-electron chi connectivity index (χ2n) is 8.84. The van der Waals surface area contributed by atoms with E-state index in [1.54, 1.807) is 0 Å². The van der Waals surface area contributed by atoms with Gasteiger partial charge in [-0.25, -0.2) is 4.98 Å². The van der Waals surface area contributed by atoms with Crippen molar-refractivity contribution in [2.75, 3.05) is 12.1 Å². The maximum absolute atomic E-state index is 12.5. The number of hydrogen-bond donors (Lipinski definition) is 2. The van der Waals surface area contributed by atoms with E-state index in [0.717, 1.165) is 49.8 Å². The zero-order chi connectivity index (χ0) is 24.3. The molecule has 35 heavy (non-hydrogen) atoms. The molecule has 3 aromatic rings. The zero-order valence-electron chi connectivity index (χ0n) is 19.5. The van der Waals surface area contributed by atoms with Crippen molar-refractivity contribution in [3.05, 3.63) is 35.3 Å². The van der Waals surface area contributed by atoms with Crippen molar-refractivity contribution in [3.8, 4) is 22.8 Å². The van der Waals surface area contributed by atoms with Gasteiger partial charge in [0.2, 0.25) is 24.5 Å². The van der Waals surface area contributed by atoms with Crippen molar-refractivity contribution in [2.45, 2.75) is 63.8 Å². The lowest BCUT2D eigenvalue weighted by Gasteiger charge is -2.30. The van der Waals surface area contributed by atoms with Crippen molar-refractivity contribution in [3.63, 3.8) is 0 Å². The Balaban J connectivity index is 1.19. The molecular weight excluding hydrogens is 470 g/mol. The van der Waals surface area contributed by atoms with Gasteiger partial charge < -0.3 is 24.6 Å². The van der Waals surface area contributed by atoms with Crippen molar-refractivity contribution in [2.24, 2.45) is 0 Å². The molecule has 0 atom stereocenters. The Morgan fingerprint density at radius 2 is 1.89 bits per heavy atom. The molecule has 0 saturated heterocycles. The molecule has 0 spiro atoms. The maximum Gasteiger partial charge on any atom is 0.231 e. The Kier molecular flexibility index (Phi) is 6.67. The highest BCUT2D eigenvalue weighted by molar-refractivity contribution is 7.14. The van der Waals surface area contributed by atoms with E-state index in [9.17, 15) is 9.59 Å². The van der Waals surface area contributed by atoms with Gasteiger partial charge in [-0.2, -0.15) is 4.98 Å². The molecule has 3 heterocycles. The topological polar surface area (TPSA) is 128 Å². The van der Waals surface area contributed by atoms with Gasteiger partial charge in [0.25, 0.3) is 0 Å². The van der Waals surface area contributed by atoms with Crippen LogP contribution in [0.15, 0.2) is 28.1 Å². The fourth-order valence-corrected chi connectivity index (χ4v) is 5.28. The van der Waals surface area contributed by atoms with Gasteiger partial charge >= 0.3 is 0 Å². The molecule has 11 heteroatoms. The fraction of sp³-hybridized carbons (Fsp3) is 0.458. The summed E-state index contributed by atoms with van der Waals surface area (Å²) < 4.78 is 16.2. The van der Waals surface area contributed by atoms with Gasteiger partial charge in [-0.05, 0) is 31.0 Å². The molecule has 184 valence electrons. The molecule has 2 aromatic heterocycles. The number of fused-ring (bicyclic) bond motifs is 1. The summed E-state index contributed by atoms with van der Waals surface area (Å²) in [6, 6.07) is 5.63. The number of rotatable bonds is 7. The number of aromatic nitrogens is 3. The molecule has 0 radical (unpaired) electrons. The quantitative estimate of drug-likeness (QED) is 0.465. The highest BCUT2D eigenvalue weighted by Gasteiger charge is 2.38. The lowest BCUT2D eigenvalue weighted by Crippen LogP contribution is -2.45. The SMILES string of the molecule is CC(=O)NC1(c2noc(CCC(=O)Nc3nc(-c4ccc5c(c4)OCO5)cs3)n2)CCCCCC1. The van der Waals surface area contributed by atoms with Crippen LogP contribution in [0.5, 0.6) is 11.5 Å². The summed E-state index contributed by atoms with van der Waals surface area (Å²) in [6.07, 6.45) is 6.27. The first-order valence-corrected chi connectivity index (χ1v) is 12.7. The summed E-state index contributed by atoms with van der Waals surface area (Å²) in [5.74, 6) is 1.97. The average molecular weight is 498 g/mol. The van der Waals surface area contributed by atoms with E-state index >= 15 is 0 Å². The molecule has 2 amide bonds. The van der Waals surface area contributed by atoms with Gasteiger partial charge in [0.15, 0.2) is 22.5 Å². The first kappa shape index (κ1) is 23.3. The van der Waals surface area contributed by atoms with E-state index in [4.69, 9.17) is 14.0 Å². The molecular formula is C24H27N5O5S. The number of benzene rings is 1. The van der Waals surface area contributed by atoms with Crippen LogP contribution in [0, 0.1) is 0 Å². The minimum Gasteiger partial charge on any atom is -0.454 e. The van der Waals surface area contributed by atoms with Gasteiger partial charge in [0, 0.05) is 30.7 Å². The number of ether oxygens (including phenoxy) is 2. The number of nitrogens with zero attached hydrogens (tertiary/aromatic N) is 3. The van der Waals surface area contributed by atoms with E-state index in [2.05, 4.69) is 25.8 Å². The molecule has 1 saturated carbocycles. The van der Waals surface area contributed by atoms with Crippen LogP contribution in [-0.2, 0) is 21.5 Å². The molecule has 5 rings (SSSR count). The van der Waals surface area contributed by atoms with Crippen LogP contribution in [-0.4, -0.2) is 33.7 Å². The second kappa shape index (κ2) is 10.0. The molecule has 2 aliphatic rings. The van der Waals surface area contributed by atoms with E-state index in [1.165, 1.54) is 18.3 Å². The number of hydrogen-bond acceptors (Lipinski definition) is 9. The smallest absolute Gasteiger partial charge is 0.231 e. The molecule has 0 unspecified atom stereocenters. The number of anilines is 1. The number of carbonyl (C=O) groups is 2. The third kappa shape index (κ3) is 5.29. The minimum atomic E-state index is -0.599. The fourth-order valence-electron chi connectivity index (χ4n) is 4.55. The molecule has 1 aliphatic heterocycles. The summed E-state index contributed by atoms with van der Waals surface area (Å²) in [5, 5.41) is 12.5. The van der Waals surface area contributed by atoms with Gasteiger partial charge in [0.05, 0.1) is 5.69 Å². The zero-order valence-corrected chi connectivity index (χ0v) is 20.3. The lowest BCUT2D eigenvalue weighted by molar-refractivity contribution is -0.121. The van der Waals surface area contributed by atoms with Crippen LogP contribution in [0.1, 0.15) is 63.6 Å². The lowest BCUT2D eigenvalue weighted by atomic mass is 9.89. The van der Waals surface area contributed by atoms with Crippen molar-refractivity contribution >= 4 is 28.3 Å². The Hall–Kier alpha value is -3.47. The number of aryl methyl sites for hydroxylation is 1. The average Bonchev–Trinajstić information content (AvgIpc) is 3.57. The van der Waals surface area contributed by atoms with Crippen LogP contribution in [0.25, 0.3) is 11.3 Å². The monoisotopic (exact) mass is 497 g/mol. The van der Waals surface area contributed by atoms with E-state index in [-0.39, 0.29) is 25.0 Å². The summed E-state index contributed by atoms with van der Waals surface area (Å²) in [4.78, 5) is 33.4. The van der Waals surface area contributed by atoms with Crippen LogP contribution in [0.2, 0.25) is 0 Å². The van der Waals surface area contributed by atoms with Gasteiger partial charge in [-0.15, -0.1) is 11.3 Å². The predicted molar refractivity (Wildman–Crippen MR) is 128 cm³/mol. The maximum atomic E-state index is 12.5. The molecule has 10 nitrogen and oxygen atoms in total. The van der Waals surface area contributed by atoms with Crippen LogP contribution >= 0.6 is 11.3 Å². The number of thiazole rings is 1. The Labute approximate surface area is 206 Å². The van der Waals surface area contributed by atoms with Crippen molar-refractivity contribution < 1.29 is 23.6 Å². The molecule has 2 N–H and O–H groups in total. The summed E-state index contributed by atoms with van der Waals surface area (Å²) in [6.45, 7) is 1.72. The third-order valence-electron chi connectivity index (χ3n) is 6.25. The Morgan fingerprint density at radius 3 is 2.69 bits per heavy atom. The second-order valence-corrected chi connectivity index (χ2v) is 9.70. The Bertz CT molecular complexity index is 1210. The highest BCUT2D eigenvalue weighted by atomic mass is 32.1. The van der Waals surface area contributed by atoms with Crippen LogP contribution in [0.4, 0.5) is 5.13 Å². The van der Waals surface area contributed by atoms with Gasteiger partial charge in [0.1, 0.15) is 5.54 Å². The molecule has 0 bridgehead atoms. The minimum absolute atomic E-state index is 0.110. The Morgan fingerprint density at radius 1 is 1.09 bits per heavy atom. The summed E-state index contributed by atoms with van der Waals surface area (Å²) in [5.41, 5.74) is 1.03. The third-order valence-corrected chi connectivity index (χ3v) is 7.01. The molecule has 1 aromatic carbocycles. The number of nitrogens with one attached hydrogen (secondary N) is 2. The summed E-state index contributed by atoms with van der Waals surface area (Å²) in [7, 11) is 0. The largest absolute Gasteiger partial charge is 0.454 e. The number of amides is 2. The van der Waals surface area contributed by atoms with E-state index < -0.39 is 5.54 Å². The van der Waals surface area contributed by atoms with E-state index in [1.807, 2.05) is 23.6 Å². The van der Waals surface area contributed by atoms with E-state index in [0.29, 0.717) is 34.8 Å². The van der Waals surface area contributed by atoms with Crippen LogP contribution < -0.4 is 20.1 Å².